The fourth-order valence-electron chi connectivity index (χ4n) is 2.76. The molecule has 25 heavy (non-hydrogen) atoms. The van der Waals surface area contributed by atoms with Gasteiger partial charge in [-0.2, -0.15) is 0 Å². The van der Waals surface area contributed by atoms with Crippen molar-refractivity contribution in [3.63, 3.8) is 0 Å². The van der Waals surface area contributed by atoms with Crippen LogP contribution in [0.4, 0.5) is 9.18 Å². The SMILES string of the molecule is CCOC(=O)C1=C(c2ccccc2)NC(=O)N[C@@H]1c1cccc(F)c1. The molecule has 0 saturated heterocycles. The van der Waals surface area contributed by atoms with Crippen LogP contribution in [0.15, 0.2) is 60.2 Å². The number of benzene rings is 2. The number of ether oxygens (including phenoxy) is 1. The van der Waals surface area contributed by atoms with E-state index in [1.54, 1.807) is 37.3 Å². The monoisotopic (exact) mass is 340 g/mol. The second-order valence-corrected chi connectivity index (χ2v) is 5.46. The second-order valence-electron chi connectivity index (χ2n) is 5.46. The van der Waals surface area contributed by atoms with Gasteiger partial charge in [-0.3, -0.25) is 0 Å². The minimum atomic E-state index is -0.807. The van der Waals surface area contributed by atoms with Gasteiger partial charge in [-0.15, -0.1) is 0 Å². The van der Waals surface area contributed by atoms with Crippen LogP contribution in [0.25, 0.3) is 5.70 Å². The summed E-state index contributed by atoms with van der Waals surface area (Å²) in [5, 5.41) is 5.35. The Bertz CT molecular complexity index is 834. The van der Waals surface area contributed by atoms with E-state index in [4.69, 9.17) is 4.74 Å². The van der Waals surface area contributed by atoms with Crippen LogP contribution >= 0.6 is 0 Å². The summed E-state index contributed by atoms with van der Waals surface area (Å²) >= 11 is 0. The molecule has 1 aliphatic rings. The molecule has 2 aromatic carbocycles. The normalized spacial score (nSPS) is 16.9. The first-order valence-electron chi connectivity index (χ1n) is 7.90. The first kappa shape index (κ1) is 16.7. The Morgan fingerprint density at radius 2 is 1.92 bits per heavy atom. The molecule has 0 unspecified atom stereocenters. The third kappa shape index (κ3) is 3.52. The molecule has 0 radical (unpaired) electrons. The van der Waals surface area contributed by atoms with Gasteiger partial charge in [0.25, 0.3) is 0 Å². The number of esters is 1. The Kier molecular flexibility index (Phi) is 4.79. The topological polar surface area (TPSA) is 67.4 Å². The van der Waals surface area contributed by atoms with Crippen molar-refractivity contribution in [2.75, 3.05) is 6.61 Å². The number of carbonyl (C=O) groups is 2. The van der Waals surface area contributed by atoms with Crippen LogP contribution < -0.4 is 10.6 Å². The Labute approximate surface area is 144 Å². The Morgan fingerprint density at radius 3 is 2.60 bits per heavy atom. The van der Waals surface area contributed by atoms with Gasteiger partial charge in [0.1, 0.15) is 5.82 Å². The molecule has 0 bridgehead atoms. The van der Waals surface area contributed by atoms with Crippen LogP contribution in [-0.2, 0) is 9.53 Å². The molecule has 1 aliphatic heterocycles. The Balaban J connectivity index is 2.18. The number of halogens is 1. The maximum absolute atomic E-state index is 13.7. The van der Waals surface area contributed by atoms with E-state index in [1.165, 1.54) is 18.2 Å². The average Bonchev–Trinajstić information content (AvgIpc) is 2.62. The van der Waals surface area contributed by atoms with Crippen LogP contribution in [0.2, 0.25) is 0 Å². The van der Waals surface area contributed by atoms with Crippen LogP contribution in [-0.4, -0.2) is 18.6 Å². The predicted molar refractivity (Wildman–Crippen MR) is 90.8 cm³/mol. The predicted octanol–water partition coefficient (Wildman–Crippen LogP) is 3.15. The summed E-state index contributed by atoms with van der Waals surface area (Å²) in [5.41, 5.74) is 1.73. The van der Waals surface area contributed by atoms with Crippen LogP contribution in [0, 0.1) is 5.82 Å². The van der Waals surface area contributed by atoms with E-state index in [9.17, 15) is 14.0 Å². The first-order chi connectivity index (χ1) is 12.1. The number of hydrogen-bond donors (Lipinski definition) is 2. The van der Waals surface area contributed by atoms with E-state index >= 15 is 0 Å². The smallest absolute Gasteiger partial charge is 0.338 e. The summed E-state index contributed by atoms with van der Waals surface area (Å²) in [7, 11) is 0. The average molecular weight is 340 g/mol. The lowest BCUT2D eigenvalue weighted by molar-refractivity contribution is -0.138. The number of nitrogens with one attached hydrogen (secondary N) is 2. The highest BCUT2D eigenvalue weighted by molar-refractivity contribution is 6.04. The first-order valence-corrected chi connectivity index (χ1v) is 7.90. The summed E-state index contributed by atoms with van der Waals surface area (Å²) in [4.78, 5) is 24.7. The summed E-state index contributed by atoms with van der Waals surface area (Å²) < 4.78 is 18.8. The lowest BCUT2D eigenvalue weighted by Crippen LogP contribution is -2.45. The van der Waals surface area contributed by atoms with Gasteiger partial charge in [0.2, 0.25) is 0 Å². The van der Waals surface area contributed by atoms with Crippen molar-refractivity contribution in [1.82, 2.24) is 10.6 Å². The van der Waals surface area contributed by atoms with Crippen LogP contribution in [0.3, 0.4) is 0 Å². The van der Waals surface area contributed by atoms with Gasteiger partial charge in [0.05, 0.1) is 23.9 Å². The van der Waals surface area contributed by atoms with Gasteiger partial charge in [0.15, 0.2) is 0 Å². The van der Waals surface area contributed by atoms with Crippen molar-refractivity contribution in [3.05, 3.63) is 77.1 Å². The Hall–Kier alpha value is -3.15. The molecule has 0 aromatic heterocycles. The van der Waals surface area contributed by atoms with E-state index in [-0.39, 0.29) is 12.2 Å². The van der Waals surface area contributed by atoms with Crippen molar-refractivity contribution < 1.29 is 18.7 Å². The van der Waals surface area contributed by atoms with Gasteiger partial charge in [-0.05, 0) is 30.2 Å². The summed E-state index contributed by atoms with van der Waals surface area (Å²) in [6.45, 7) is 1.89. The minimum absolute atomic E-state index is 0.189. The quantitative estimate of drug-likeness (QED) is 0.840. The van der Waals surface area contributed by atoms with Gasteiger partial charge in [-0.1, -0.05) is 42.5 Å². The molecular formula is C19H17FN2O3. The number of carbonyl (C=O) groups excluding carboxylic acids is 2. The molecular weight excluding hydrogens is 323 g/mol. The van der Waals surface area contributed by atoms with E-state index in [0.717, 1.165) is 0 Å². The second kappa shape index (κ2) is 7.17. The number of hydrogen-bond acceptors (Lipinski definition) is 3. The highest BCUT2D eigenvalue weighted by Crippen LogP contribution is 2.32. The molecule has 1 atom stereocenters. The van der Waals surface area contributed by atoms with Crippen molar-refractivity contribution in [1.29, 1.82) is 0 Å². The van der Waals surface area contributed by atoms with E-state index in [2.05, 4.69) is 10.6 Å². The molecule has 0 fully saturated rings. The highest BCUT2D eigenvalue weighted by atomic mass is 19.1. The maximum atomic E-state index is 13.7. The summed E-state index contributed by atoms with van der Waals surface area (Å²) in [6, 6.07) is 13.5. The fraction of sp³-hybridized carbons (Fsp3) is 0.158. The lowest BCUT2D eigenvalue weighted by atomic mass is 9.92. The fourth-order valence-corrected chi connectivity index (χ4v) is 2.76. The third-order valence-corrected chi connectivity index (χ3v) is 3.81. The van der Waals surface area contributed by atoms with Crippen molar-refractivity contribution in [2.45, 2.75) is 13.0 Å². The molecule has 1 heterocycles. The molecule has 0 saturated carbocycles. The van der Waals surface area contributed by atoms with E-state index in [0.29, 0.717) is 16.8 Å². The highest BCUT2D eigenvalue weighted by Gasteiger charge is 2.34. The molecule has 5 nitrogen and oxygen atoms in total. The number of rotatable bonds is 4. The molecule has 3 rings (SSSR count). The zero-order valence-corrected chi connectivity index (χ0v) is 13.6. The van der Waals surface area contributed by atoms with Crippen LogP contribution in [0.1, 0.15) is 24.1 Å². The maximum Gasteiger partial charge on any atom is 0.338 e. The number of amides is 2. The zero-order chi connectivity index (χ0) is 17.8. The van der Waals surface area contributed by atoms with Gasteiger partial charge in [0, 0.05) is 0 Å². The van der Waals surface area contributed by atoms with Gasteiger partial charge < -0.3 is 15.4 Å². The molecule has 0 aliphatic carbocycles. The minimum Gasteiger partial charge on any atom is -0.463 e. The van der Waals surface area contributed by atoms with Crippen molar-refractivity contribution in [2.24, 2.45) is 0 Å². The van der Waals surface area contributed by atoms with Gasteiger partial charge >= 0.3 is 12.0 Å². The van der Waals surface area contributed by atoms with E-state index < -0.39 is 23.9 Å². The molecule has 2 N–H and O–H groups in total. The lowest BCUT2D eigenvalue weighted by Gasteiger charge is -2.29. The molecule has 0 spiro atoms. The number of urea groups is 1. The molecule has 2 amide bonds. The third-order valence-electron chi connectivity index (χ3n) is 3.81. The van der Waals surface area contributed by atoms with Crippen molar-refractivity contribution >= 4 is 17.7 Å². The molecule has 2 aromatic rings. The Morgan fingerprint density at radius 1 is 1.16 bits per heavy atom. The largest absolute Gasteiger partial charge is 0.463 e. The summed E-state index contributed by atoms with van der Waals surface area (Å²) in [6.07, 6.45) is 0. The molecule has 128 valence electrons. The van der Waals surface area contributed by atoms with Crippen molar-refractivity contribution in [3.8, 4) is 0 Å². The zero-order valence-electron chi connectivity index (χ0n) is 13.6. The standard InChI is InChI=1S/C19H17FN2O3/c1-2-25-18(23)15-16(12-7-4-3-5-8-12)21-19(24)22-17(15)13-9-6-10-14(20)11-13/h3-11,17H,2H2,1H3,(H2,21,22,24)/t17-/m1/s1. The van der Waals surface area contributed by atoms with E-state index in [1.807, 2.05) is 6.07 Å². The molecule has 6 heteroatoms. The van der Waals surface area contributed by atoms with Gasteiger partial charge in [-0.25, -0.2) is 14.0 Å². The van der Waals surface area contributed by atoms with Crippen LogP contribution in [0.5, 0.6) is 0 Å². The summed E-state index contributed by atoms with van der Waals surface area (Å²) in [5.74, 6) is -1.02.